The molecule has 0 aliphatic carbocycles. The largest absolute Gasteiger partial charge is 0.494 e. The zero-order valence-corrected chi connectivity index (χ0v) is 20.1. The molecule has 0 aromatic heterocycles. The number of ether oxygens (including phenoxy) is 3. The summed E-state index contributed by atoms with van der Waals surface area (Å²) in [6, 6.07) is 24.4. The lowest BCUT2D eigenvalue weighted by Crippen LogP contribution is -2.21. The van der Waals surface area contributed by atoms with Crippen molar-refractivity contribution in [1.82, 2.24) is 0 Å². The molecule has 1 aliphatic rings. The lowest BCUT2D eigenvalue weighted by molar-refractivity contribution is -0.128. The van der Waals surface area contributed by atoms with Gasteiger partial charge in [-0.1, -0.05) is 68.3 Å². The van der Waals surface area contributed by atoms with Crippen LogP contribution in [0, 0.1) is 11.3 Å². The molecule has 0 saturated heterocycles. The highest BCUT2D eigenvalue weighted by atomic mass is 16.5. The predicted molar refractivity (Wildman–Crippen MR) is 138 cm³/mol. The van der Waals surface area contributed by atoms with E-state index in [1.165, 1.54) is 6.08 Å². The molecule has 3 aromatic rings. The zero-order valence-electron chi connectivity index (χ0n) is 20.1. The summed E-state index contributed by atoms with van der Waals surface area (Å²) in [5, 5.41) is 9.80. The zero-order chi connectivity index (χ0) is 25.3. The number of fused-ring (bicyclic) bond motifs is 1. The summed E-state index contributed by atoms with van der Waals surface area (Å²) in [5.41, 5.74) is 8.98. The summed E-state index contributed by atoms with van der Waals surface area (Å²) in [6.45, 7) is 2.83. The minimum atomic E-state index is -0.512. The van der Waals surface area contributed by atoms with Crippen molar-refractivity contribution >= 4 is 12.0 Å². The summed E-state index contributed by atoms with van der Waals surface area (Å²) >= 11 is 0. The first-order valence-electron chi connectivity index (χ1n) is 12.0. The van der Waals surface area contributed by atoms with Crippen LogP contribution in [0.5, 0.6) is 17.2 Å². The van der Waals surface area contributed by atoms with E-state index < -0.39 is 11.9 Å². The van der Waals surface area contributed by atoms with Crippen LogP contribution >= 0.6 is 0 Å². The fourth-order valence-electron chi connectivity index (χ4n) is 4.02. The summed E-state index contributed by atoms with van der Waals surface area (Å²) in [7, 11) is 0. The Balaban J connectivity index is 1.53. The number of carbonyl (C=O) groups is 1. The minimum absolute atomic E-state index is 0.0299. The molecular formula is C30H28N2O4. The molecule has 1 unspecified atom stereocenters. The van der Waals surface area contributed by atoms with Gasteiger partial charge in [-0.25, -0.2) is 4.79 Å². The monoisotopic (exact) mass is 480 g/mol. The molecule has 1 aliphatic heterocycles. The second-order valence-corrected chi connectivity index (χ2v) is 8.41. The van der Waals surface area contributed by atoms with Gasteiger partial charge in [-0.2, -0.15) is 5.26 Å². The molecule has 0 spiro atoms. The fraction of sp³-hybridized carbons (Fsp3) is 0.200. The lowest BCUT2D eigenvalue weighted by atomic mass is 9.83. The van der Waals surface area contributed by atoms with Crippen molar-refractivity contribution in [1.29, 1.82) is 5.26 Å². The van der Waals surface area contributed by atoms with E-state index in [1.54, 1.807) is 24.3 Å². The Bertz CT molecular complexity index is 1310. The van der Waals surface area contributed by atoms with Crippen LogP contribution in [0.4, 0.5) is 0 Å². The third-order valence-corrected chi connectivity index (χ3v) is 5.85. The molecule has 6 heteroatoms. The Hall–Kier alpha value is -4.50. The number of carbonyl (C=O) groups excluding carboxylic acids is 1. The van der Waals surface area contributed by atoms with E-state index in [1.807, 2.05) is 54.6 Å². The van der Waals surface area contributed by atoms with Crippen LogP contribution < -0.4 is 19.9 Å². The number of unbranched alkanes of at least 4 members (excludes halogenated alkanes) is 2. The molecule has 2 N–H and O–H groups in total. The molecule has 1 atom stereocenters. The van der Waals surface area contributed by atoms with Crippen molar-refractivity contribution in [2.75, 3.05) is 6.61 Å². The molecule has 0 amide bonds. The summed E-state index contributed by atoms with van der Waals surface area (Å²) < 4.78 is 17.0. The summed E-state index contributed by atoms with van der Waals surface area (Å²) in [4.78, 5) is 12.3. The quantitative estimate of drug-likeness (QED) is 0.172. The molecule has 6 nitrogen and oxygen atoms in total. The molecular weight excluding hydrogens is 452 g/mol. The van der Waals surface area contributed by atoms with Crippen molar-refractivity contribution < 1.29 is 19.0 Å². The van der Waals surface area contributed by atoms with E-state index in [4.69, 9.17) is 19.9 Å². The van der Waals surface area contributed by atoms with Crippen LogP contribution in [0.25, 0.3) is 6.08 Å². The highest BCUT2D eigenvalue weighted by Gasteiger charge is 2.31. The van der Waals surface area contributed by atoms with Crippen LogP contribution in [-0.4, -0.2) is 12.6 Å². The van der Waals surface area contributed by atoms with Gasteiger partial charge in [-0.15, -0.1) is 0 Å². The second-order valence-electron chi connectivity index (χ2n) is 8.41. The van der Waals surface area contributed by atoms with Gasteiger partial charge < -0.3 is 19.9 Å². The van der Waals surface area contributed by atoms with Gasteiger partial charge in [-0.3, -0.25) is 0 Å². The summed E-state index contributed by atoms with van der Waals surface area (Å²) in [6.07, 6.45) is 6.34. The maximum absolute atomic E-state index is 12.3. The number of esters is 1. The van der Waals surface area contributed by atoms with E-state index >= 15 is 0 Å². The molecule has 4 rings (SSSR count). The molecule has 36 heavy (non-hydrogen) atoms. The molecule has 0 fully saturated rings. The van der Waals surface area contributed by atoms with Crippen LogP contribution in [-0.2, 0) is 4.79 Å². The highest BCUT2D eigenvalue weighted by molar-refractivity contribution is 5.88. The minimum Gasteiger partial charge on any atom is -0.494 e. The van der Waals surface area contributed by atoms with Crippen molar-refractivity contribution in [3.63, 3.8) is 0 Å². The molecule has 0 bridgehead atoms. The van der Waals surface area contributed by atoms with Gasteiger partial charge in [0.05, 0.1) is 12.5 Å². The van der Waals surface area contributed by atoms with Gasteiger partial charge in [-0.05, 0) is 41.8 Å². The Morgan fingerprint density at radius 1 is 1.06 bits per heavy atom. The first-order chi connectivity index (χ1) is 17.6. The van der Waals surface area contributed by atoms with Gasteiger partial charge in [0, 0.05) is 17.7 Å². The normalized spacial score (nSPS) is 14.6. The number of hydrogen-bond acceptors (Lipinski definition) is 6. The van der Waals surface area contributed by atoms with Gasteiger partial charge in [0.15, 0.2) is 0 Å². The lowest BCUT2D eigenvalue weighted by Gasteiger charge is -2.26. The molecule has 3 aromatic carbocycles. The number of benzene rings is 3. The van der Waals surface area contributed by atoms with Crippen LogP contribution in [0.3, 0.4) is 0 Å². The first kappa shape index (κ1) is 24.6. The molecule has 0 saturated carbocycles. The number of nitrogens with two attached hydrogens (primary N) is 1. The van der Waals surface area contributed by atoms with E-state index in [2.05, 4.69) is 13.0 Å². The highest BCUT2D eigenvalue weighted by Crippen LogP contribution is 2.43. The van der Waals surface area contributed by atoms with Gasteiger partial charge in [0.25, 0.3) is 0 Å². The number of hydrogen-bond donors (Lipinski definition) is 1. The first-order valence-corrected chi connectivity index (χ1v) is 12.0. The SMILES string of the molecule is CCCCCOc1ccc(C2C(C#N)=C(N)Oc3cc(OC(=O)/C=C/c4ccccc4)ccc32)cc1. The Labute approximate surface area is 211 Å². The molecule has 182 valence electrons. The Kier molecular flexibility index (Phi) is 8.05. The van der Waals surface area contributed by atoms with Crippen LogP contribution in [0.1, 0.15) is 48.8 Å². The third-order valence-electron chi connectivity index (χ3n) is 5.85. The predicted octanol–water partition coefficient (Wildman–Crippen LogP) is 6.09. The number of nitriles is 1. The van der Waals surface area contributed by atoms with Gasteiger partial charge >= 0.3 is 5.97 Å². The van der Waals surface area contributed by atoms with Crippen LogP contribution in [0.15, 0.2) is 90.3 Å². The van der Waals surface area contributed by atoms with E-state index in [0.717, 1.165) is 41.7 Å². The van der Waals surface area contributed by atoms with Gasteiger partial charge in [0.2, 0.25) is 5.88 Å². The third kappa shape index (κ3) is 5.94. The smallest absolute Gasteiger partial charge is 0.336 e. The number of allylic oxidation sites excluding steroid dienone is 1. The Morgan fingerprint density at radius 2 is 1.81 bits per heavy atom. The standard InChI is InChI=1S/C30H28N2O4/c1-2-3-7-18-34-23-13-11-22(12-14-23)29-25-16-15-24(19-27(25)36-30(32)26(29)20-31)35-28(33)17-10-21-8-5-4-6-9-21/h4-6,8-17,19,29H,2-3,7,18,32H2,1H3/b17-10+. The number of nitrogens with zero attached hydrogens (tertiary/aromatic N) is 1. The average Bonchev–Trinajstić information content (AvgIpc) is 2.90. The molecule has 1 heterocycles. The summed E-state index contributed by atoms with van der Waals surface area (Å²) in [5.74, 6) is 0.649. The van der Waals surface area contributed by atoms with Gasteiger partial charge in [0.1, 0.15) is 28.9 Å². The topological polar surface area (TPSA) is 94.6 Å². The Morgan fingerprint density at radius 3 is 2.53 bits per heavy atom. The van der Waals surface area contributed by atoms with Crippen molar-refractivity contribution in [3.8, 4) is 23.3 Å². The maximum Gasteiger partial charge on any atom is 0.336 e. The average molecular weight is 481 g/mol. The van der Waals surface area contributed by atoms with Crippen molar-refractivity contribution in [2.45, 2.75) is 32.1 Å². The fourth-order valence-corrected chi connectivity index (χ4v) is 4.02. The maximum atomic E-state index is 12.3. The van der Waals surface area contributed by atoms with E-state index in [9.17, 15) is 10.1 Å². The van der Waals surface area contributed by atoms with Crippen molar-refractivity contribution in [3.05, 3.63) is 107 Å². The number of rotatable bonds is 9. The van der Waals surface area contributed by atoms with Crippen molar-refractivity contribution in [2.24, 2.45) is 5.73 Å². The van der Waals surface area contributed by atoms with E-state index in [-0.39, 0.29) is 5.88 Å². The molecule has 0 radical (unpaired) electrons. The van der Waals surface area contributed by atoms with E-state index in [0.29, 0.717) is 23.7 Å². The van der Waals surface area contributed by atoms with Crippen LogP contribution in [0.2, 0.25) is 0 Å². The second kappa shape index (κ2) is 11.8.